The van der Waals surface area contributed by atoms with Crippen LogP contribution in [0.3, 0.4) is 0 Å². The van der Waals surface area contributed by atoms with E-state index in [-0.39, 0.29) is 17.1 Å². The average Bonchev–Trinajstić information content (AvgIpc) is 1.19. The van der Waals surface area contributed by atoms with E-state index in [1.54, 1.807) is 0 Å². The van der Waals surface area contributed by atoms with Gasteiger partial charge in [0.1, 0.15) is 0 Å². The van der Waals surface area contributed by atoms with Crippen LogP contribution >= 0.6 is 0 Å². The van der Waals surface area contributed by atoms with Crippen molar-refractivity contribution in [1.29, 1.82) is 0 Å². The van der Waals surface area contributed by atoms with Gasteiger partial charge in [-0.2, -0.15) is 13.2 Å². The molecule has 4 nitrogen and oxygen atoms in total. The third-order valence-corrected chi connectivity index (χ3v) is 0. The molecule has 0 unspecified atom stereocenters. The van der Waals surface area contributed by atoms with Gasteiger partial charge in [-0.15, -0.1) is 0 Å². The second kappa shape index (κ2) is 7.29. The second-order valence-electron chi connectivity index (χ2n) is 0.656. The molecule has 0 aliphatic rings. The normalized spacial score (nSPS) is 9.40. The first-order chi connectivity index (χ1) is 3.73. The quantitative estimate of drug-likeness (QED) is 0.328. The van der Waals surface area contributed by atoms with Crippen molar-refractivity contribution < 1.29 is 47.8 Å². The Kier molecular flexibility index (Phi) is 12.1. The maximum atomic E-state index is 9.67. The van der Waals surface area contributed by atoms with Crippen LogP contribution in [0.1, 0.15) is 0 Å². The minimum atomic E-state index is -5.17. The zero-order valence-corrected chi connectivity index (χ0v) is 5.81. The van der Waals surface area contributed by atoms with E-state index in [2.05, 4.69) is 0 Å². The molecule has 0 bridgehead atoms. The van der Waals surface area contributed by atoms with Gasteiger partial charge in [-0.3, -0.25) is 8.42 Å². The molecule has 0 aliphatic heterocycles. The first-order valence-corrected chi connectivity index (χ1v) is 2.65. The van der Waals surface area contributed by atoms with Gasteiger partial charge < -0.3 is 9.11 Å². The van der Waals surface area contributed by atoms with Gasteiger partial charge in [-0.05, 0) is 0 Å². The minimum Gasteiger partial charge on any atom is -0.759 e. The van der Waals surface area contributed by atoms with Crippen LogP contribution in [0.15, 0.2) is 0 Å². The zero-order valence-electron chi connectivity index (χ0n) is 4.05. The summed E-state index contributed by atoms with van der Waals surface area (Å²) in [4.78, 5) is 0. The van der Waals surface area contributed by atoms with Gasteiger partial charge in [-0.1, -0.05) is 0 Å². The molecule has 0 rings (SSSR count). The van der Waals surface area contributed by atoms with Crippen LogP contribution in [-0.2, 0) is 27.5 Å². The topological polar surface area (TPSA) is 80.3 Å². The maximum absolute atomic E-state index is 9.67. The first-order valence-electron chi connectivity index (χ1n) is 1.32. The summed E-state index contributed by atoms with van der Waals surface area (Å²) in [5, 5.41) is 0. The fraction of sp³-hybridized carbons (Fsp3) is 1.00. The average molecular weight is 230 g/mol. The van der Waals surface area contributed by atoms with Crippen LogP contribution in [0.4, 0.5) is 13.2 Å². The molecule has 9 heteroatoms. The number of hydrogen-bond donors (Lipinski definition) is 0. The molecule has 0 aromatic rings. The molecule has 0 atom stereocenters. The molecule has 0 saturated heterocycles. The van der Waals surface area contributed by atoms with Gasteiger partial charge in [0.05, 0.1) is 0 Å². The summed E-state index contributed by atoms with van der Waals surface area (Å²) < 4.78 is 63.1. The van der Waals surface area contributed by atoms with Crippen molar-refractivity contribution in [2.75, 3.05) is 0 Å². The van der Waals surface area contributed by atoms with Crippen molar-refractivity contribution in [2.24, 2.45) is 0 Å². The fourth-order valence-corrected chi connectivity index (χ4v) is 0. The van der Waals surface area contributed by atoms with E-state index in [0.717, 1.165) is 0 Å². The maximum Gasteiger partial charge on any atom is 2.00 e. The summed E-state index contributed by atoms with van der Waals surface area (Å²) >= 11 is 0. The molecule has 0 aromatic heterocycles. The van der Waals surface area contributed by atoms with Crippen LogP contribution in [0.2, 0.25) is 0 Å². The third-order valence-electron chi connectivity index (χ3n) is 0. The molecule has 67 valence electrons. The third kappa shape index (κ3) is 13100. The first kappa shape index (κ1) is 16.6. The Bertz CT molecular complexity index is 132. The molecule has 0 amide bonds. The number of hydrogen-bond acceptors (Lipinski definition) is 4. The van der Waals surface area contributed by atoms with Crippen molar-refractivity contribution in [2.45, 2.75) is 6.68 Å². The van der Waals surface area contributed by atoms with Crippen LogP contribution in [0, 0.1) is 0 Å². The molecule has 0 spiro atoms. The molecule has 1 radical (unpaired) electrons. The molecule has 0 N–H and O–H groups in total. The van der Waals surface area contributed by atoms with Gasteiger partial charge >= 0.3 is 23.7 Å². The minimum absolute atomic E-state index is 0. The summed E-state index contributed by atoms with van der Waals surface area (Å²) in [6.07, 6.45) is 0. The fourth-order valence-electron chi connectivity index (χ4n) is 0. The SMILES string of the molecule is FC(F)F.O=S(=O)([O-])[O-].[Cu+2]. The molecule has 0 fully saturated rings. The summed E-state index contributed by atoms with van der Waals surface area (Å²) in [6, 6.07) is 0. The molecule has 10 heavy (non-hydrogen) atoms. The Balaban J connectivity index is -0.0000000910. The zero-order chi connectivity index (χ0) is 8.08. The monoisotopic (exact) mass is 229 g/mol. The van der Waals surface area contributed by atoms with E-state index in [1.807, 2.05) is 0 Å². The molecule has 0 aliphatic carbocycles. The van der Waals surface area contributed by atoms with Crippen LogP contribution in [0.25, 0.3) is 0 Å². The Labute approximate surface area is 65.5 Å². The summed E-state index contributed by atoms with van der Waals surface area (Å²) in [5.74, 6) is 0. The van der Waals surface area contributed by atoms with Gasteiger partial charge in [-0.25, -0.2) is 0 Å². The van der Waals surface area contributed by atoms with Crippen LogP contribution < -0.4 is 0 Å². The van der Waals surface area contributed by atoms with E-state index in [1.165, 1.54) is 0 Å². The second-order valence-corrected chi connectivity index (χ2v) is 1.47. The summed E-state index contributed by atoms with van der Waals surface area (Å²) in [6.45, 7) is -3.67. The van der Waals surface area contributed by atoms with E-state index in [9.17, 15) is 13.2 Å². The van der Waals surface area contributed by atoms with E-state index in [4.69, 9.17) is 17.5 Å². The smallest absolute Gasteiger partial charge is 0.759 e. The number of alkyl halides is 3. The van der Waals surface area contributed by atoms with Gasteiger partial charge in [0.2, 0.25) is 0 Å². The Morgan fingerprint density at radius 2 is 1.10 bits per heavy atom. The van der Waals surface area contributed by atoms with Crippen molar-refractivity contribution >= 4 is 10.4 Å². The molecule has 0 heterocycles. The van der Waals surface area contributed by atoms with Crippen LogP contribution in [-0.4, -0.2) is 24.2 Å². The van der Waals surface area contributed by atoms with Crippen molar-refractivity contribution in [3.05, 3.63) is 0 Å². The number of rotatable bonds is 0. The summed E-state index contributed by atoms with van der Waals surface area (Å²) in [7, 11) is -5.17. The number of halogens is 3. The predicted octanol–water partition coefficient (Wildman–Crippen LogP) is -0.162. The molecule has 0 aromatic carbocycles. The standard InChI is InChI=1S/CHF3.Cu.H2O4S/c2-1(3)4;;1-5(2,3)4/h1H;;(H2,1,2,3,4)/q;+2;/p-2. The Hall–Kier alpha value is 0.179. The van der Waals surface area contributed by atoms with Gasteiger partial charge in [0.15, 0.2) is 0 Å². The van der Waals surface area contributed by atoms with Gasteiger partial charge in [0, 0.05) is 10.4 Å². The Morgan fingerprint density at radius 1 is 1.10 bits per heavy atom. The predicted molar refractivity (Wildman–Crippen MR) is 17.6 cm³/mol. The summed E-state index contributed by atoms with van der Waals surface area (Å²) in [5.41, 5.74) is 0. The van der Waals surface area contributed by atoms with Crippen molar-refractivity contribution in [1.82, 2.24) is 0 Å². The van der Waals surface area contributed by atoms with E-state index < -0.39 is 17.1 Å². The largest absolute Gasteiger partial charge is 2.00 e. The molecular formula is CHCuF3O4S. The van der Waals surface area contributed by atoms with Crippen molar-refractivity contribution in [3.63, 3.8) is 0 Å². The molecular weight excluding hydrogens is 229 g/mol. The molecule has 0 saturated carbocycles. The van der Waals surface area contributed by atoms with Crippen LogP contribution in [0.5, 0.6) is 0 Å². The van der Waals surface area contributed by atoms with Gasteiger partial charge in [0.25, 0.3) is 0 Å². The Morgan fingerprint density at radius 3 is 1.10 bits per heavy atom. The van der Waals surface area contributed by atoms with Crippen molar-refractivity contribution in [3.8, 4) is 0 Å². The van der Waals surface area contributed by atoms with E-state index in [0.29, 0.717) is 0 Å². The van der Waals surface area contributed by atoms with E-state index >= 15 is 0 Å².